The molecule has 0 fully saturated rings. The lowest BCUT2D eigenvalue weighted by Crippen LogP contribution is -2.02. The number of nitrogens with zero attached hydrogens (tertiary/aromatic N) is 2. The van der Waals surface area contributed by atoms with E-state index < -0.39 is 5.97 Å². The molecular weight excluding hydrogens is 244 g/mol. The Hall–Kier alpha value is -2.43. The number of ether oxygens (including phenoxy) is 1. The van der Waals surface area contributed by atoms with Crippen LogP contribution in [0.5, 0.6) is 11.6 Å². The third kappa shape index (κ3) is 3.07. The average Bonchev–Trinajstić information content (AvgIpc) is 2.39. The predicted molar refractivity (Wildman–Crippen MR) is 69.6 cm³/mol. The molecule has 0 aliphatic rings. The smallest absolute Gasteiger partial charge is 0.356 e. The summed E-state index contributed by atoms with van der Waals surface area (Å²) >= 11 is 0. The molecule has 1 heterocycles. The van der Waals surface area contributed by atoms with E-state index in [1.54, 1.807) is 0 Å². The van der Waals surface area contributed by atoms with Crippen LogP contribution in [-0.4, -0.2) is 21.0 Å². The molecule has 1 N–H and O–H groups in total. The fourth-order valence-electron chi connectivity index (χ4n) is 1.64. The average molecular weight is 258 g/mol. The summed E-state index contributed by atoms with van der Waals surface area (Å²) in [5.41, 5.74) is 0.955. The molecule has 0 aliphatic carbocycles. The van der Waals surface area contributed by atoms with E-state index >= 15 is 0 Å². The Bertz CT molecular complexity index is 579. The van der Waals surface area contributed by atoms with E-state index in [0.29, 0.717) is 11.7 Å². The summed E-state index contributed by atoms with van der Waals surface area (Å²) in [4.78, 5) is 18.4. The van der Waals surface area contributed by atoms with Crippen molar-refractivity contribution in [3.8, 4) is 11.6 Å². The maximum atomic E-state index is 10.7. The molecule has 0 radical (unpaired) electrons. The quantitative estimate of drug-likeness (QED) is 0.912. The molecule has 1 aromatic carbocycles. The van der Waals surface area contributed by atoms with Crippen molar-refractivity contribution in [3.63, 3.8) is 0 Å². The van der Waals surface area contributed by atoms with Crippen LogP contribution in [0.2, 0.25) is 0 Å². The lowest BCUT2D eigenvalue weighted by Gasteiger charge is -2.12. The summed E-state index contributed by atoms with van der Waals surface area (Å²) in [5.74, 6) is 0.192. The van der Waals surface area contributed by atoms with Gasteiger partial charge in [0, 0.05) is 0 Å². The van der Waals surface area contributed by atoms with Crippen LogP contribution >= 0.6 is 0 Å². The molecule has 98 valence electrons. The van der Waals surface area contributed by atoms with Gasteiger partial charge in [0.25, 0.3) is 0 Å². The maximum absolute atomic E-state index is 10.7. The van der Waals surface area contributed by atoms with Crippen molar-refractivity contribution in [3.05, 3.63) is 47.9 Å². The van der Waals surface area contributed by atoms with Crippen molar-refractivity contribution in [1.82, 2.24) is 9.97 Å². The van der Waals surface area contributed by atoms with Crippen molar-refractivity contribution in [2.45, 2.75) is 19.8 Å². The van der Waals surface area contributed by atoms with Crippen molar-refractivity contribution in [2.75, 3.05) is 0 Å². The summed E-state index contributed by atoms with van der Waals surface area (Å²) < 4.78 is 5.64. The summed E-state index contributed by atoms with van der Waals surface area (Å²) in [6.45, 7) is 4.14. The first-order chi connectivity index (χ1) is 9.08. The Morgan fingerprint density at radius 1 is 1.21 bits per heavy atom. The predicted octanol–water partition coefficient (Wildman–Crippen LogP) is 3.09. The molecule has 0 saturated heterocycles. The molecule has 2 aromatic rings. The molecular formula is C14H14N2O3. The van der Waals surface area contributed by atoms with Crippen LogP contribution in [0, 0.1) is 0 Å². The lowest BCUT2D eigenvalue weighted by molar-refractivity contribution is 0.0690. The van der Waals surface area contributed by atoms with Gasteiger partial charge in [-0.05, 0) is 17.5 Å². The largest absolute Gasteiger partial charge is 0.476 e. The number of aromatic nitrogens is 2. The van der Waals surface area contributed by atoms with Crippen LogP contribution in [0.25, 0.3) is 0 Å². The molecule has 0 spiro atoms. The van der Waals surface area contributed by atoms with Crippen LogP contribution in [0.15, 0.2) is 36.7 Å². The standard InChI is InChI=1S/C14H14N2O3/c1-9(2)10-5-3-4-6-12(10)19-13-8-15-11(7-16-13)14(17)18/h3-9H,1-2H3,(H,17,18). The van der Waals surface area contributed by atoms with Gasteiger partial charge in [-0.2, -0.15) is 0 Å². The van der Waals surface area contributed by atoms with Gasteiger partial charge in [0.15, 0.2) is 5.69 Å². The van der Waals surface area contributed by atoms with Crippen LogP contribution in [0.1, 0.15) is 35.8 Å². The molecule has 5 heteroatoms. The number of carboxylic acid groups (broad SMARTS) is 1. The Balaban J connectivity index is 2.24. The van der Waals surface area contributed by atoms with E-state index in [1.807, 2.05) is 24.3 Å². The van der Waals surface area contributed by atoms with E-state index in [9.17, 15) is 4.79 Å². The third-order valence-corrected chi connectivity index (χ3v) is 2.60. The van der Waals surface area contributed by atoms with Crippen LogP contribution in [0.4, 0.5) is 0 Å². The molecule has 2 rings (SSSR count). The van der Waals surface area contributed by atoms with Gasteiger partial charge in [0.1, 0.15) is 5.75 Å². The van der Waals surface area contributed by atoms with Gasteiger partial charge in [-0.3, -0.25) is 0 Å². The highest BCUT2D eigenvalue weighted by atomic mass is 16.5. The number of rotatable bonds is 4. The van der Waals surface area contributed by atoms with Crippen LogP contribution in [0.3, 0.4) is 0 Å². The first-order valence-corrected chi connectivity index (χ1v) is 5.90. The van der Waals surface area contributed by atoms with Gasteiger partial charge in [-0.25, -0.2) is 14.8 Å². The number of benzene rings is 1. The number of hydrogen-bond donors (Lipinski definition) is 1. The Morgan fingerprint density at radius 2 is 1.95 bits per heavy atom. The topological polar surface area (TPSA) is 72.3 Å². The molecule has 1 aromatic heterocycles. The molecule has 0 amide bonds. The minimum absolute atomic E-state index is 0.107. The molecule has 19 heavy (non-hydrogen) atoms. The van der Waals surface area contributed by atoms with E-state index in [2.05, 4.69) is 23.8 Å². The minimum atomic E-state index is -1.11. The lowest BCUT2D eigenvalue weighted by atomic mass is 10.0. The van der Waals surface area contributed by atoms with Crippen molar-refractivity contribution < 1.29 is 14.6 Å². The number of para-hydroxylation sites is 1. The zero-order chi connectivity index (χ0) is 13.8. The highest BCUT2D eigenvalue weighted by molar-refractivity contribution is 5.84. The molecule has 0 atom stereocenters. The van der Waals surface area contributed by atoms with Gasteiger partial charge < -0.3 is 9.84 Å². The summed E-state index contributed by atoms with van der Waals surface area (Å²) in [7, 11) is 0. The Kier molecular flexibility index (Phi) is 3.75. The van der Waals surface area contributed by atoms with Crippen LogP contribution in [-0.2, 0) is 0 Å². The van der Waals surface area contributed by atoms with Crippen molar-refractivity contribution >= 4 is 5.97 Å². The van der Waals surface area contributed by atoms with Gasteiger partial charge in [0.2, 0.25) is 5.88 Å². The zero-order valence-electron chi connectivity index (χ0n) is 10.7. The zero-order valence-corrected chi connectivity index (χ0v) is 10.7. The molecule has 0 saturated carbocycles. The monoisotopic (exact) mass is 258 g/mol. The SMILES string of the molecule is CC(C)c1ccccc1Oc1cnc(C(=O)O)cn1. The van der Waals surface area contributed by atoms with Gasteiger partial charge in [0.05, 0.1) is 12.4 Å². The third-order valence-electron chi connectivity index (χ3n) is 2.60. The molecule has 0 bridgehead atoms. The maximum Gasteiger partial charge on any atom is 0.356 e. The van der Waals surface area contributed by atoms with E-state index in [4.69, 9.17) is 9.84 Å². The fourth-order valence-corrected chi connectivity index (χ4v) is 1.64. The highest BCUT2D eigenvalue weighted by Gasteiger charge is 2.10. The van der Waals surface area contributed by atoms with Gasteiger partial charge in [-0.15, -0.1) is 0 Å². The van der Waals surface area contributed by atoms with Crippen molar-refractivity contribution in [2.24, 2.45) is 0 Å². The number of hydrogen-bond acceptors (Lipinski definition) is 4. The second-order valence-electron chi connectivity index (χ2n) is 4.34. The molecule has 5 nitrogen and oxygen atoms in total. The Labute approximate surface area is 110 Å². The number of carbonyl (C=O) groups is 1. The second-order valence-corrected chi connectivity index (χ2v) is 4.34. The first kappa shape index (κ1) is 13.0. The molecule has 0 unspecified atom stereocenters. The number of carboxylic acids is 1. The second kappa shape index (κ2) is 5.48. The van der Waals surface area contributed by atoms with Gasteiger partial charge in [-0.1, -0.05) is 32.0 Å². The van der Waals surface area contributed by atoms with Crippen molar-refractivity contribution in [1.29, 1.82) is 0 Å². The van der Waals surface area contributed by atoms with E-state index in [-0.39, 0.29) is 11.6 Å². The number of aromatic carboxylic acids is 1. The van der Waals surface area contributed by atoms with Gasteiger partial charge >= 0.3 is 5.97 Å². The van der Waals surface area contributed by atoms with Crippen LogP contribution < -0.4 is 4.74 Å². The van der Waals surface area contributed by atoms with E-state index in [1.165, 1.54) is 12.4 Å². The van der Waals surface area contributed by atoms with E-state index in [0.717, 1.165) is 5.56 Å². The molecule has 0 aliphatic heterocycles. The summed E-state index contributed by atoms with van der Waals surface area (Å²) in [6.07, 6.45) is 2.48. The highest BCUT2D eigenvalue weighted by Crippen LogP contribution is 2.28. The normalized spacial score (nSPS) is 10.5. The Morgan fingerprint density at radius 3 is 2.53 bits per heavy atom. The summed E-state index contributed by atoms with van der Waals surface area (Å²) in [6, 6.07) is 7.66. The summed E-state index contributed by atoms with van der Waals surface area (Å²) in [5, 5.41) is 8.74. The first-order valence-electron chi connectivity index (χ1n) is 5.90. The minimum Gasteiger partial charge on any atom is -0.476 e. The fraction of sp³-hybridized carbons (Fsp3) is 0.214.